The molecule has 128 valence electrons. The third-order valence-electron chi connectivity index (χ3n) is 4.46. The highest BCUT2D eigenvalue weighted by Gasteiger charge is 2.52. The number of rotatable bonds is 3. The van der Waals surface area contributed by atoms with Crippen LogP contribution in [-0.2, 0) is 9.59 Å². The predicted octanol–water partition coefficient (Wildman–Crippen LogP) is 3.32. The molecule has 1 saturated heterocycles. The molecule has 0 radical (unpaired) electrons. The lowest BCUT2D eigenvalue weighted by atomic mass is 9.98. The van der Waals surface area contributed by atoms with Crippen LogP contribution in [-0.4, -0.2) is 34.8 Å². The first-order valence-electron chi connectivity index (χ1n) is 7.72. The first-order valence-corrected chi connectivity index (χ1v) is 9.31. The third-order valence-corrected chi connectivity index (χ3v) is 5.71. The quantitative estimate of drug-likeness (QED) is 0.682. The van der Waals surface area contributed by atoms with Gasteiger partial charge in [-0.15, -0.1) is 0 Å². The number of carbonyl (C=O) groups excluding carboxylic acids is 3. The summed E-state index contributed by atoms with van der Waals surface area (Å²) in [6.45, 7) is 1.65. The lowest BCUT2D eigenvalue weighted by molar-refractivity contribution is -0.133. The zero-order chi connectivity index (χ0) is 17.5. The van der Waals surface area contributed by atoms with E-state index in [1.165, 1.54) is 0 Å². The van der Waals surface area contributed by atoms with Gasteiger partial charge in [0.2, 0.25) is 5.91 Å². The Kier molecular flexibility index (Phi) is 4.70. The van der Waals surface area contributed by atoms with E-state index in [0.717, 1.165) is 32.3 Å². The van der Waals surface area contributed by atoms with Gasteiger partial charge in [-0.25, -0.2) is 4.79 Å². The molecule has 1 heterocycles. The molecular weight excluding hydrogens is 442 g/mol. The Labute approximate surface area is 156 Å². The second-order valence-electron chi connectivity index (χ2n) is 6.26. The molecule has 2 aliphatic rings. The number of hydrogen-bond donors (Lipinski definition) is 2. The maximum atomic E-state index is 12.6. The number of urea groups is 1. The summed E-state index contributed by atoms with van der Waals surface area (Å²) >= 11 is 6.81. The minimum Gasteiger partial charge on any atom is -0.323 e. The van der Waals surface area contributed by atoms with Crippen LogP contribution < -0.4 is 10.6 Å². The molecule has 2 fully saturated rings. The Bertz CT molecular complexity index is 706. The summed E-state index contributed by atoms with van der Waals surface area (Å²) in [6.07, 6.45) is 3.11. The summed E-state index contributed by atoms with van der Waals surface area (Å²) in [6, 6.07) is 3.27. The first kappa shape index (κ1) is 17.4. The smallest absolute Gasteiger partial charge is 0.323 e. The van der Waals surface area contributed by atoms with E-state index in [0.29, 0.717) is 18.5 Å². The second-order valence-corrected chi connectivity index (χ2v) is 7.97. The van der Waals surface area contributed by atoms with Crippen LogP contribution in [0.25, 0.3) is 0 Å². The van der Waals surface area contributed by atoms with Crippen molar-refractivity contribution in [3.05, 3.63) is 26.6 Å². The SMILES string of the molecule is Cc1cc(Br)c(NC(=O)CN2C(=O)NC3(CCCC3)C2=O)c(Br)c1. The largest absolute Gasteiger partial charge is 0.325 e. The van der Waals surface area contributed by atoms with Crippen molar-refractivity contribution in [3.63, 3.8) is 0 Å². The Morgan fingerprint density at radius 1 is 1.25 bits per heavy atom. The van der Waals surface area contributed by atoms with Crippen molar-refractivity contribution >= 4 is 55.4 Å². The Hall–Kier alpha value is -1.41. The van der Waals surface area contributed by atoms with Gasteiger partial charge >= 0.3 is 6.03 Å². The molecule has 2 N–H and O–H groups in total. The molecule has 24 heavy (non-hydrogen) atoms. The normalized spacial score (nSPS) is 19.0. The molecule has 6 nitrogen and oxygen atoms in total. The van der Waals surface area contributed by atoms with Crippen LogP contribution in [0.4, 0.5) is 10.5 Å². The summed E-state index contributed by atoms with van der Waals surface area (Å²) in [7, 11) is 0. The fraction of sp³-hybridized carbons (Fsp3) is 0.438. The minimum atomic E-state index is -0.789. The number of amides is 4. The molecular formula is C16H17Br2N3O3. The monoisotopic (exact) mass is 457 g/mol. The van der Waals surface area contributed by atoms with E-state index in [1.54, 1.807) is 0 Å². The van der Waals surface area contributed by atoms with Gasteiger partial charge in [-0.3, -0.25) is 14.5 Å². The molecule has 0 unspecified atom stereocenters. The number of nitrogens with one attached hydrogen (secondary N) is 2. The van der Waals surface area contributed by atoms with E-state index in [9.17, 15) is 14.4 Å². The summed E-state index contributed by atoms with van der Waals surface area (Å²) in [4.78, 5) is 38.0. The molecule has 0 aromatic heterocycles. The van der Waals surface area contributed by atoms with Crippen LogP contribution in [0.2, 0.25) is 0 Å². The van der Waals surface area contributed by atoms with Gasteiger partial charge in [0.05, 0.1) is 5.69 Å². The van der Waals surface area contributed by atoms with Crippen LogP contribution in [0.15, 0.2) is 21.1 Å². The number of benzene rings is 1. The lowest BCUT2D eigenvalue weighted by Gasteiger charge is -2.20. The van der Waals surface area contributed by atoms with Crippen molar-refractivity contribution in [2.75, 3.05) is 11.9 Å². The predicted molar refractivity (Wildman–Crippen MR) is 96.7 cm³/mol. The Morgan fingerprint density at radius 3 is 2.42 bits per heavy atom. The number of aryl methyl sites for hydroxylation is 1. The fourth-order valence-corrected chi connectivity index (χ4v) is 4.89. The Morgan fingerprint density at radius 2 is 1.83 bits per heavy atom. The summed E-state index contributed by atoms with van der Waals surface area (Å²) in [5, 5.41) is 5.51. The molecule has 1 aromatic rings. The van der Waals surface area contributed by atoms with Crippen molar-refractivity contribution in [2.45, 2.75) is 38.1 Å². The van der Waals surface area contributed by atoms with Crippen LogP contribution in [0.3, 0.4) is 0 Å². The van der Waals surface area contributed by atoms with E-state index in [4.69, 9.17) is 0 Å². The number of imide groups is 1. The summed E-state index contributed by atoms with van der Waals surface area (Å²) in [5.41, 5.74) is 0.819. The van der Waals surface area contributed by atoms with E-state index < -0.39 is 17.5 Å². The fourth-order valence-electron chi connectivity index (χ4n) is 3.28. The van der Waals surface area contributed by atoms with Gasteiger partial charge in [0, 0.05) is 8.95 Å². The van der Waals surface area contributed by atoms with Gasteiger partial charge in [-0.2, -0.15) is 0 Å². The number of anilines is 1. The van der Waals surface area contributed by atoms with Gasteiger partial charge in [0.25, 0.3) is 5.91 Å². The average Bonchev–Trinajstić information content (AvgIpc) is 3.04. The van der Waals surface area contributed by atoms with Gasteiger partial charge in [0.1, 0.15) is 12.1 Å². The van der Waals surface area contributed by atoms with Gasteiger partial charge in [0.15, 0.2) is 0 Å². The highest BCUT2D eigenvalue weighted by atomic mass is 79.9. The molecule has 0 atom stereocenters. The van der Waals surface area contributed by atoms with E-state index in [1.807, 2.05) is 19.1 Å². The second kappa shape index (κ2) is 6.48. The van der Waals surface area contributed by atoms with Crippen LogP contribution in [0, 0.1) is 6.92 Å². The van der Waals surface area contributed by atoms with E-state index >= 15 is 0 Å². The zero-order valence-corrected chi connectivity index (χ0v) is 16.3. The standard InChI is InChI=1S/C16H17Br2N3O3/c1-9-6-10(17)13(11(18)7-9)19-12(22)8-21-14(23)16(20-15(21)24)4-2-3-5-16/h6-7H,2-5,8H2,1H3,(H,19,22)(H,20,24). The number of carbonyl (C=O) groups is 3. The molecule has 1 spiro atoms. The van der Waals surface area contributed by atoms with E-state index in [-0.39, 0.29) is 12.5 Å². The van der Waals surface area contributed by atoms with Crippen molar-refractivity contribution in [2.24, 2.45) is 0 Å². The number of halogens is 2. The molecule has 1 aliphatic carbocycles. The molecule has 1 aliphatic heterocycles. The van der Waals surface area contributed by atoms with Gasteiger partial charge < -0.3 is 10.6 Å². The molecule has 3 rings (SSSR count). The number of nitrogens with zero attached hydrogens (tertiary/aromatic N) is 1. The zero-order valence-electron chi connectivity index (χ0n) is 13.1. The van der Waals surface area contributed by atoms with Crippen molar-refractivity contribution < 1.29 is 14.4 Å². The van der Waals surface area contributed by atoms with Gasteiger partial charge in [-0.1, -0.05) is 12.8 Å². The topological polar surface area (TPSA) is 78.5 Å². The molecule has 1 saturated carbocycles. The lowest BCUT2D eigenvalue weighted by Crippen LogP contribution is -2.44. The maximum absolute atomic E-state index is 12.6. The Balaban J connectivity index is 1.72. The molecule has 4 amide bonds. The van der Waals surface area contributed by atoms with E-state index in [2.05, 4.69) is 42.5 Å². The average molecular weight is 459 g/mol. The highest BCUT2D eigenvalue weighted by molar-refractivity contribution is 9.11. The van der Waals surface area contributed by atoms with Crippen molar-refractivity contribution in [1.82, 2.24) is 10.2 Å². The summed E-state index contributed by atoms with van der Waals surface area (Å²) in [5.74, 6) is -0.707. The molecule has 0 bridgehead atoms. The van der Waals surface area contributed by atoms with Crippen LogP contribution >= 0.6 is 31.9 Å². The van der Waals surface area contributed by atoms with Gasteiger partial charge in [-0.05, 0) is 69.3 Å². The molecule has 1 aromatic carbocycles. The van der Waals surface area contributed by atoms with Crippen LogP contribution in [0.5, 0.6) is 0 Å². The first-order chi connectivity index (χ1) is 11.3. The minimum absolute atomic E-state index is 0.290. The summed E-state index contributed by atoms with van der Waals surface area (Å²) < 4.78 is 1.46. The maximum Gasteiger partial charge on any atom is 0.325 e. The third kappa shape index (κ3) is 3.09. The molecule has 8 heteroatoms. The van der Waals surface area contributed by atoms with Crippen molar-refractivity contribution in [1.29, 1.82) is 0 Å². The number of hydrogen-bond acceptors (Lipinski definition) is 3. The van der Waals surface area contributed by atoms with Crippen molar-refractivity contribution in [3.8, 4) is 0 Å². The highest BCUT2D eigenvalue weighted by Crippen LogP contribution is 2.35. The van der Waals surface area contributed by atoms with Crippen LogP contribution in [0.1, 0.15) is 31.2 Å².